The van der Waals surface area contributed by atoms with Gasteiger partial charge in [-0.05, 0) is 12.0 Å². The van der Waals surface area contributed by atoms with Crippen molar-refractivity contribution in [3.63, 3.8) is 0 Å². The largest absolute Gasteiger partial charge is 0.392 e. The summed E-state index contributed by atoms with van der Waals surface area (Å²) in [6.07, 6.45) is 1.23. The van der Waals surface area contributed by atoms with Gasteiger partial charge >= 0.3 is 0 Å². The van der Waals surface area contributed by atoms with Crippen molar-refractivity contribution in [3.8, 4) is 0 Å². The molecule has 0 fully saturated rings. The van der Waals surface area contributed by atoms with Gasteiger partial charge in [-0.15, -0.1) is 5.10 Å². The number of H-pyrrole nitrogens is 1. The standard InChI is InChI=1S/C13H17N3OS/c1-2-11(17)9-18-13-14-12(15-16-13)8-10-6-4-3-5-7-10/h3-7,11,17H,2,8-9H2,1H3,(H,14,15,16)/t11-/m0/s1. The molecule has 0 saturated carbocycles. The van der Waals surface area contributed by atoms with Crippen LogP contribution in [-0.2, 0) is 6.42 Å². The first kappa shape index (κ1) is 13.1. The minimum absolute atomic E-state index is 0.286. The number of nitrogens with one attached hydrogen (secondary N) is 1. The van der Waals surface area contributed by atoms with Crippen molar-refractivity contribution in [1.29, 1.82) is 0 Å². The third-order valence-electron chi connectivity index (χ3n) is 2.60. The molecule has 0 amide bonds. The predicted octanol–water partition coefficient (Wildman–Crippen LogP) is 2.26. The Kier molecular flexibility index (Phi) is 4.78. The average Bonchev–Trinajstić information content (AvgIpc) is 2.85. The van der Waals surface area contributed by atoms with Crippen molar-refractivity contribution >= 4 is 11.8 Å². The van der Waals surface area contributed by atoms with Crippen LogP contribution < -0.4 is 0 Å². The summed E-state index contributed by atoms with van der Waals surface area (Å²) in [4.78, 5) is 4.40. The number of thioether (sulfide) groups is 1. The minimum Gasteiger partial charge on any atom is -0.392 e. The molecule has 2 aromatic rings. The fraction of sp³-hybridized carbons (Fsp3) is 0.385. The molecule has 18 heavy (non-hydrogen) atoms. The zero-order valence-corrected chi connectivity index (χ0v) is 11.2. The second-order valence-corrected chi connectivity index (χ2v) is 5.09. The fourth-order valence-corrected chi connectivity index (χ4v) is 2.36. The van der Waals surface area contributed by atoms with E-state index in [2.05, 4.69) is 27.3 Å². The smallest absolute Gasteiger partial charge is 0.208 e. The van der Waals surface area contributed by atoms with E-state index < -0.39 is 0 Å². The minimum atomic E-state index is -0.286. The van der Waals surface area contributed by atoms with Gasteiger partial charge in [-0.1, -0.05) is 49.0 Å². The maximum Gasteiger partial charge on any atom is 0.208 e. The molecule has 0 aliphatic carbocycles. The Hall–Kier alpha value is -1.33. The SMILES string of the molecule is CC[C@H](O)CSc1n[nH]c(Cc2ccccc2)n1. The predicted molar refractivity (Wildman–Crippen MR) is 72.7 cm³/mol. The lowest BCUT2D eigenvalue weighted by Gasteiger charge is -2.03. The first-order chi connectivity index (χ1) is 8.78. The Morgan fingerprint density at radius 2 is 2.11 bits per heavy atom. The molecule has 1 atom stereocenters. The number of rotatable bonds is 6. The van der Waals surface area contributed by atoms with Gasteiger partial charge in [-0.3, -0.25) is 5.10 Å². The van der Waals surface area contributed by atoms with Crippen molar-refractivity contribution in [2.24, 2.45) is 0 Å². The monoisotopic (exact) mass is 263 g/mol. The van der Waals surface area contributed by atoms with Gasteiger partial charge in [0.25, 0.3) is 0 Å². The first-order valence-corrected chi connectivity index (χ1v) is 7.02. The molecule has 1 aromatic carbocycles. The van der Waals surface area contributed by atoms with E-state index in [0.717, 1.165) is 18.7 Å². The molecular formula is C13H17N3OS. The fourth-order valence-electron chi connectivity index (χ4n) is 1.50. The number of hydrogen-bond donors (Lipinski definition) is 2. The molecule has 5 heteroatoms. The Morgan fingerprint density at radius 3 is 2.83 bits per heavy atom. The Balaban J connectivity index is 1.90. The molecular weight excluding hydrogens is 246 g/mol. The van der Waals surface area contributed by atoms with E-state index >= 15 is 0 Å². The molecule has 2 rings (SSSR count). The topological polar surface area (TPSA) is 61.8 Å². The van der Waals surface area contributed by atoms with E-state index in [4.69, 9.17) is 0 Å². The van der Waals surface area contributed by atoms with E-state index in [-0.39, 0.29) is 6.10 Å². The zero-order chi connectivity index (χ0) is 12.8. The van der Waals surface area contributed by atoms with Crippen LogP contribution in [0.5, 0.6) is 0 Å². The number of aromatic amines is 1. The maximum atomic E-state index is 9.47. The van der Waals surface area contributed by atoms with Crippen LogP contribution in [0.15, 0.2) is 35.5 Å². The van der Waals surface area contributed by atoms with E-state index in [1.807, 2.05) is 25.1 Å². The van der Waals surface area contributed by atoms with Crippen LogP contribution in [0.4, 0.5) is 0 Å². The molecule has 0 unspecified atom stereocenters. The van der Waals surface area contributed by atoms with E-state index in [1.54, 1.807) is 0 Å². The average molecular weight is 263 g/mol. The van der Waals surface area contributed by atoms with Crippen molar-refractivity contribution in [3.05, 3.63) is 41.7 Å². The molecule has 0 aliphatic rings. The molecule has 0 bridgehead atoms. The molecule has 0 radical (unpaired) electrons. The highest BCUT2D eigenvalue weighted by Gasteiger charge is 2.07. The summed E-state index contributed by atoms with van der Waals surface area (Å²) in [6.45, 7) is 1.96. The number of benzene rings is 1. The van der Waals surface area contributed by atoms with Gasteiger partial charge in [0.2, 0.25) is 5.16 Å². The van der Waals surface area contributed by atoms with Crippen LogP contribution in [0.3, 0.4) is 0 Å². The van der Waals surface area contributed by atoms with Crippen molar-refractivity contribution < 1.29 is 5.11 Å². The summed E-state index contributed by atoms with van der Waals surface area (Å²) in [6, 6.07) is 10.2. The molecule has 0 saturated heterocycles. The van der Waals surface area contributed by atoms with Gasteiger partial charge in [-0.2, -0.15) is 0 Å². The Bertz CT molecular complexity index is 472. The molecule has 1 heterocycles. The van der Waals surface area contributed by atoms with E-state index in [0.29, 0.717) is 10.9 Å². The van der Waals surface area contributed by atoms with Gasteiger partial charge in [0.15, 0.2) is 0 Å². The van der Waals surface area contributed by atoms with Crippen molar-refractivity contribution in [1.82, 2.24) is 15.2 Å². The number of nitrogens with zero attached hydrogens (tertiary/aromatic N) is 2. The molecule has 0 spiro atoms. The summed E-state index contributed by atoms with van der Waals surface area (Å²) >= 11 is 1.48. The highest BCUT2D eigenvalue weighted by molar-refractivity contribution is 7.99. The molecule has 0 aliphatic heterocycles. The van der Waals surface area contributed by atoms with Crippen LogP contribution >= 0.6 is 11.8 Å². The van der Waals surface area contributed by atoms with Gasteiger partial charge < -0.3 is 5.11 Å². The van der Waals surface area contributed by atoms with Crippen LogP contribution in [0.2, 0.25) is 0 Å². The quantitative estimate of drug-likeness (QED) is 0.785. The van der Waals surface area contributed by atoms with Crippen LogP contribution in [0.25, 0.3) is 0 Å². The Labute approximate surface area is 111 Å². The lowest BCUT2D eigenvalue weighted by Crippen LogP contribution is -2.07. The summed E-state index contributed by atoms with van der Waals surface area (Å²) in [7, 11) is 0. The summed E-state index contributed by atoms with van der Waals surface area (Å²) in [5.41, 5.74) is 1.21. The lowest BCUT2D eigenvalue weighted by molar-refractivity contribution is 0.195. The number of aliphatic hydroxyl groups excluding tert-OH is 1. The summed E-state index contributed by atoms with van der Waals surface area (Å²) < 4.78 is 0. The zero-order valence-electron chi connectivity index (χ0n) is 10.3. The van der Waals surface area contributed by atoms with Crippen molar-refractivity contribution in [2.75, 3.05) is 5.75 Å². The third kappa shape index (κ3) is 3.85. The van der Waals surface area contributed by atoms with Crippen molar-refractivity contribution in [2.45, 2.75) is 31.0 Å². The van der Waals surface area contributed by atoms with Gasteiger partial charge in [0, 0.05) is 12.2 Å². The molecule has 4 nitrogen and oxygen atoms in total. The highest BCUT2D eigenvalue weighted by atomic mass is 32.2. The number of aliphatic hydroxyl groups is 1. The molecule has 96 valence electrons. The second-order valence-electron chi connectivity index (χ2n) is 4.10. The highest BCUT2D eigenvalue weighted by Crippen LogP contribution is 2.15. The molecule has 2 N–H and O–H groups in total. The maximum absolute atomic E-state index is 9.47. The van der Waals surface area contributed by atoms with Gasteiger partial charge in [-0.25, -0.2) is 4.98 Å². The van der Waals surface area contributed by atoms with E-state index in [1.165, 1.54) is 17.3 Å². The third-order valence-corrected chi connectivity index (χ3v) is 3.59. The first-order valence-electron chi connectivity index (χ1n) is 6.04. The summed E-state index contributed by atoms with van der Waals surface area (Å²) in [5, 5.41) is 17.2. The van der Waals surface area contributed by atoms with E-state index in [9.17, 15) is 5.11 Å². The van der Waals surface area contributed by atoms with Gasteiger partial charge in [0.05, 0.1) is 6.10 Å². The van der Waals surface area contributed by atoms with Gasteiger partial charge in [0.1, 0.15) is 5.82 Å². The number of hydrogen-bond acceptors (Lipinski definition) is 4. The molecule has 1 aromatic heterocycles. The lowest BCUT2D eigenvalue weighted by atomic mass is 10.1. The summed E-state index contributed by atoms with van der Waals surface area (Å²) in [5.74, 6) is 1.49. The van der Waals surface area contributed by atoms with Crippen LogP contribution in [-0.4, -0.2) is 32.1 Å². The number of aromatic nitrogens is 3. The van der Waals surface area contributed by atoms with Crippen LogP contribution in [0.1, 0.15) is 24.7 Å². The second kappa shape index (κ2) is 6.56. The Morgan fingerprint density at radius 1 is 1.33 bits per heavy atom. The van der Waals surface area contributed by atoms with Crippen LogP contribution in [0, 0.1) is 0 Å². The normalized spacial score (nSPS) is 12.6.